The molecule has 0 saturated carbocycles. The molecule has 10 nitrogen and oxygen atoms in total. The van der Waals surface area contributed by atoms with E-state index in [2.05, 4.69) is 24.1 Å². The van der Waals surface area contributed by atoms with Crippen LogP contribution in [0, 0.1) is 0 Å². The minimum atomic E-state index is -3.67. The molecule has 11 heteroatoms. The summed E-state index contributed by atoms with van der Waals surface area (Å²) in [4.78, 5) is 37.1. The molecule has 0 radical (unpaired) electrons. The number of hydrogen-bond donors (Lipinski definition) is 1. The second-order valence-corrected chi connectivity index (χ2v) is 8.81. The lowest BCUT2D eigenvalue weighted by Gasteiger charge is -2.17. The number of hydrogen-bond acceptors (Lipinski definition) is 9. The largest absolute Gasteiger partial charge is 0.458 e. The van der Waals surface area contributed by atoms with E-state index in [0.29, 0.717) is 11.8 Å². The van der Waals surface area contributed by atoms with Gasteiger partial charge in [-0.15, -0.1) is 0 Å². The Kier molecular flexibility index (Phi) is 12.6. The molecule has 1 aromatic carbocycles. The minimum Gasteiger partial charge on any atom is -0.458 e. The summed E-state index contributed by atoms with van der Waals surface area (Å²) in [5.74, 6) is -1.99. The van der Waals surface area contributed by atoms with Gasteiger partial charge in [-0.05, 0) is 35.5 Å². The van der Waals surface area contributed by atoms with E-state index in [9.17, 15) is 22.8 Å². The van der Waals surface area contributed by atoms with Crippen molar-refractivity contribution in [3.05, 3.63) is 90.7 Å². The Morgan fingerprint density at radius 3 is 2.03 bits per heavy atom. The van der Waals surface area contributed by atoms with Crippen molar-refractivity contribution >= 4 is 34.1 Å². The van der Waals surface area contributed by atoms with Crippen LogP contribution in [0.25, 0.3) is 6.08 Å². The molecule has 0 aromatic heterocycles. The maximum atomic E-state index is 12.4. The van der Waals surface area contributed by atoms with Crippen LogP contribution >= 0.6 is 0 Å². The molecule has 194 valence electrons. The molecule has 0 fully saturated rings. The standard InChI is InChI=1S/C24H25NO6.CH4O3S/c1-4-22(26)29-16-21(17-30-23(27)5-2)31-24(28)20-10-8-18(9-11-20)6-7-19-12-14-25(3)15-13-19;1-5(2,3)4/h4-14,21H,1-2,15-17H2,3H3;1H3,(H,2,3,4). The van der Waals surface area contributed by atoms with Crippen LogP contribution in [0.1, 0.15) is 15.9 Å². The fourth-order valence-corrected chi connectivity index (χ4v) is 2.44. The van der Waals surface area contributed by atoms with Gasteiger partial charge in [-0.3, -0.25) is 4.55 Å². The van der Waals surface area contributed by atoms with Gasteiger partial charge in [0.05, 0.1) is 11.8 Å². The topological polar surface area (TPSA) is 137 Å². The molecule has 0 unspecified atom stereocenters. The summed E-state index contributed by atoms with van der Waals surface area (Å²) < 4.78 is 41.0. The van der Waals surface area contributed by atoms with Gasteiger partial charge in [-0.1, -0.05) is 43.5 Å². The Labute approximate surface area is 210 Å². The highest BCUT2D eigenvalue weighted by atomic mass is 32.2. The molecule has 0 bridgehead atoms. The molecule has 1 heterocycles. The van der Waals surface area contributed by atoms with Crippen LogP contribution in [-0.4, -0.2) is 74.9 Å². The average Bonchev–Trinajstić information content (AvgIpc) is 2.84. The van der Waals surface area contributed by atoms with E-state index in [1.165, 1.54) is 0 Å². The number of esters is 3. The molecule has 0 saturated heterocycles. The highest BCUT2D eigenvalue weighted by Gasteiger charge is 2.19. The Morgan fingerprint density at radius 2 is 1.58 bits per heavy atom. The lowest BCUT2D eigenvalue weighted by molar-refractivity contribution is -0.146. The number of ether oxygens (including phenoxy) is 3. The van der Waals surface area contributed by atoms with Gasteiger partial charge in [0.2, 0.25) is 0 Å². The van der Waals surface area contributed by atoms with E-state index in [4.69, 9.17) is 18.8 Å². The van der Waals surface area contributed by atoms with Gasteiger partial charge in [0.25, 0.3) is 10.1 Å². The maximum absolute atomic E-state index is 12.4. The van der Waals surface area contributed by atoms with Crippen molar-refractivity contribution in [2.45, 2.75) is 6.10 Å². The molecule has 1 aliphatic heterocycles. The predicted octanol–water partition coefficient (Wildman–Crippen LogP) is 2.57. The number of benzene rings is 1. The van der Waals surface area contributed by atoms with E-state index in [1.54, 1.807) is 24.3 Å². The van der Waals surface area contributed by atoms with Gasteiger partial charge < -0.3 is 19.1 Å². The molecule has 0 aliphatic carbocycles. The Hall–Kier alpha value is -3.96. The van der Waals surface area contributed by atoms with Crippen LogP contribution in [0.15, 0.2) is 79.6 Å². The minimum absolute atomic E-state index is 0.278. The van der Waals surface area contributed by atoms with Crippen molar-refractivity contribution in [3.8, 4) is 0 Å². The normalized spacial score (nSPS) is 12.8. The van der Waals surface area contributed by atoms with Crippen molar-refractivity contribution in [3.63, 3.8) is 0 Å². The second-order valence-electron chi connectivity index (χ2n) is 7.34. The Morgan fingerprint density at radius 1 is 1.06 bits per heavy atom. The summed E-state index contributed by atoms with van der Waals surface area (Å²) in [7, 11) is -1.66. The number of carbonyl (C=O) groups excluding carboxylic acids is 3. The van der Waals surface area contributed by atoms with Gasteiger partial charge in [0, 0.05) is 25.7 Å². The smallest absolute Gasteiger partial charge is 0.338 e. The summed E-state index contributed by atoms with van der Waals surface area (Å²) in [5.41, 5.74) is 2.33. The van der Waals surface area contributed by atoms with Crippen LogP contribution in [-0.2, 0) is 33.9 Å². The lowest BCUT2D eigenvalue weighted by atomic mass is 10.1. The van der Waals surface area contributed by atoms with Crippen molar-refractivity contribution < 1.29 is 41.6 Å². The van der Waals surface area contributed by atoms with E-state index in [-0.39, 0.29) is 13.2 Å². The van der Waals surface area contributed by atoms with Gasteiger partial charge in [-0.2, -0.15) is 8.42 Å². The first-order valence-corrected chi connectivity index (χ1v) is 12.3. The van der Waals surface area contributed by atoms with Crippen molar-refractivity contribution in [1.82, 2.24) is 4.90 Å². The zero-order valence-corrected chi connectivity index (χ0v) is 20.8. The van der Waals surface area contributed by atoms with Gasteiger partial charge in [0.15, 0.2) is 6.10 Å². The highest BCUT2D eigenvalue weighted by molar-refractivity contribution is 7.85. The summed E-state index contributed by atoms with van der Waals surface area (Å²) in [6.45, 7) is 6.89. The Bertz CT molecular complexity index is 1100. The quantitative estimate of drug-likeness (QED) is 0.212. The van der Waals surface area contributed by atoms with Gasteiger partial charge >= 0.3 is 17.9 Å². The van der Waals surface area contributed by atoms with Crippen LogP contribution < -0.4 is 0 Å². The fourth-order valence-electron chi connectivity index (χ4n) is 2.44. The molecule has 0 amide bonds. The molecular weight excluding hydrogens is 490 g/mol. The molecule has 0 atom stereocenters. The first-order valence-electron chi connectivity index (χ1n) is 10.5. The van der Waals surface area contributed by atoms with Crippen LogP contribution in [0.4, 0.5) is 0 Å². The zero-order valence-electron chi connectivity index (χ0n) is 20.0. The van der Waals surface area contributed by atoms with Gasteiger partial charge in [0.1, 0.15) is 13.2 Å². The van der Waals surface area contributed by atoms with Crippen LogP contribution in [0.2, 0.25) is 0 Å². The summed E-state index contributed by atoms with van der Waals surface area (Å²) in [6.07, 6.45) is 11.8. The van der Waals surface area contributed by atoms with E-state index >= 15 is 0 Å². The van der Waals surface area contributed by atoms with Crippen molar-refractivity contribution in [2.24, 2.45) is 0 Å². The lowest BCUT2D eigenvalue weighted by Crippen LogP contribution is -2.30. The molecule has 1 aromatic rings. The van der Waals surface area contributed by atoms with Crippen molar-refractivity contribution in [2.75, 3.05) is 33.1 Å². The fraction of sp³-hybridized carbons (Fsp3) is 0.240. The monoisotopic (exact) mass is 519 g/mol. The summed E-state index contributed by atoms with van der Waals surface area (Å²) in [5, 5.41) is 0. The maximum Gasteiger partial charge on any atom is 0.338 e. The predicted molar refractivity (Wildman–Crippen MR) is 134 cm³/mol. The molecule has 36 heavy (non-hydrogen) atoms. The number of nitrogens with zero attached hydrogens (tertiary/aromatic N) is 1. The first-order chi connectivity index (χ1) is 16.9. The van der Waals surface area contributed by atoms with E-state index < -0.39 is 34.1 Å². The molecular formula is C25H29NO9S. The van der Waals surface area contributed by atoms with Crippen LogP contribution in [0.5, 0.6) is 0 Å². The van der Waals surface area contributed by atoms with E-state index in [1.807, 2.05) is 31.5 Å². The number of likely N-dealkylation sites (N-methyl/N-ethyl adjacent to an activating group) is 1. The summed E-state index contributed by atoms with van der Waals surface area (Å²) >= 11 is 0. The first kappa shape index (κ1) is 30.1. The zero-order chi connectivity index (χ0) is 27.1. The van der Waals surface area contributed by atoms with Gasteiger partial charge in [-0.25, -0.2) is 14.4 Å². The molecule has 0 spiro atoms. The molecule has 1 N–H and O–H groups in total. The van der Waals surface area contributed by atoms with E-state index in [0.717, 1.165) is 29.8 Å². The third kappa shape index (κ3) is 13.7. The number of allylic oxidation sites excluding steroid dienone is 3. The third-order valence-corrected chi connectivity index (χ3v) is 4.18. The molecule has 2 rings (SSSR count). The SMILES string of the molecule is C=CC(=O)OCC(COC(=O)C=C)OC(=O)c1ccc(C=CC2=CCN(C)C=C2)cc1.CS(=O)(=O)O. The average molecular weight is 520 g/mol. The second kappa shape index (κ2) is 15.1. The van der Waals surface area contributed by atoms with Crippen molar-refractivity contribution in [1.29, 1.82) is 0 Å². The third-order valence-electron chi connectivity index (χ3n) is 4.18. The number of rotatable bonds is 10. The highest BCUT2D eigenvalue weighted by Crippen LogP contribution is 2.13. The summed E-state index contributed by atoms with van der Waals surface area (Å²) in [6, 6.07) is 6.83. The Balaban J connectivity index is 0.00000118. The molecule has 1 aliphatic rings. The number of carbonyl (C=O) groups is 3. The van der Waals surface area contributed by atoms with Crippen LogP contribution in [0.3, 0.4) is 0 Å².